The molecule has 0 aliphatic heterocycles. The maximum absolute atomic E-state index is 11.8. The molecular weight excluding hydrogens is 300 g/mol. The van der Waals surface area contributed by atoms with Gasteiger partial charge in [-0.05, 0) is 56.2 Å². The summed E-state index contributed by atoms with van der Waals surface area (Å²) < 4.78 is 5.66. The van der Waals surface area contributed by atoms with E-state index in [2.05, 4.69) is 10.3 Å². The monoisotopic (exact) mass is 318 g/mol. The molecule has 1 heterocycles. The molecule has 0 aliphatic rings. The van der Waals surface area contributed by atoms with E-state index in [0.717, 1.165) is 17.0 Å². The highest BCUT2D eigenvalue weighted by molar-refractivity contribution is 6.30. The fraction of sp³-hybridized carbons (Fsp3) is 0.294. The van der Waals surface area contributed by atoms with Gasteiger partial charge in [0.05, 0.1) is 6.61 Å². The van der Waals surface area contributed by atoms with Gasteiger partial charge in [0.1, 0.15) is 11.6 Å². The molecule has 0 aliphatic carbocycles. The second-order valence-electron chi connectivity index (χ2n) is 5.07. The number of aromatic nitrogens is 1. The predicted octanol–water partition coefficient (Wildman–Crippen LogP) is 4.15. The van der Waals surface area contributed by atoms with Gasteiger partial charge in [0.25, 0.3) is 0 Å². The largest absolute Gasteiger partial charge is 0.493 e. The Hall–Kier alpha value is -2.07. The fourth-order valence-electron chi connectivity index (χ4n) is 2.01. The fourth-order valence-corrected chi connectivity index (χ4v) is 2.23. The van der Waals surface area contributed by atoms with Gasteiger partial charge < -0.3 is 10.1 Å². The summed E-state index contributed by atoms with van der Waals surface area (Å²) in [5, 5.41) is 3.47. The SMILES string of the molecule is Cc1cccc(NC(=O)CCCOc2ccc(Cl)cc2C)n1. The van der Waals surface area contributed by atoms with Crippen molar-refractivity contribution in [2.45, 2.75) is 26.7 Å². The van der Waals surface area contributed by atoms with Gasteiger partial charge in [-0.3, -0.25) is 4.79 Å². The van der Waals surface area contributed by atoms with Crippen LogP contribution in [0.25, 0.3) is 0 Å². The zero-order valence-corrected chi connectivity index (χ0v) is 13.5. The topological polar surface area (TPSA) is 51.2 Å². The van der Waals surface area contributed by atoms with E-state index in [1.54, 1.807) is 12.1 Å². The maximum atomic E-state index is 11.8. The highest BCUT2D eigenvalue weighted by atomic mass is 35.5. The summed E-state index contributed by atoms with van der Waals surface area (Å²) in [4.78, 5) is 16.1. The van der Waals surface area contributed by atoms with E-state index in [1.807, 2.05) is 38.1 Å². The Morgan fingerprint density at radius 2 is 2.09 bits per heavy atom. The molecule has 1 aromatic heterocycles. The number of hydrogen-bond acceptors (Lipinski definition) is 3. The molecule has 0 atom stereocenters. The summed E-state index contributed by atoms with van der Waals surface area (Å²) in [7, 11) is 0. The molecule has 0 unspecified atom stereocenters. The van der Waals surface area contributed by atoms with Crippen LogP contribution in [-0.4, -0.2) is 17.5 Å². The van der Waals surface area contributed by atoms with Crippen LogP contribution in [0.15, 0.2) is 36.4 Å². The van der Waals surface area contributed by atoms with Gasteiger partial charge in [-0.1, -0.05) is 17.7 Å². The maximum Gasteiger partial charge on any atom is 0.225 e. The van der Waals surface area contributed by atoms with Crippen molar-refractivity contribution in [2.75, 3.05) is 11.9 Å². The number of benzene rings is 1. The van der Waals surface area contributed by atoms with Gasteiger partial charge >= 0.3 is 0 Å². The van der Waals surface area contributed by atoms with Crippen LogP contribution in [0.5, 0.6) is 5.75 Å². The molecule has 22 heavy (non-hydrogen) atoms. The lowest BCUT2D eigenvalue weighted by Gasteiger charge is -2.09. The molecule has 1 aromatic carbocycles. The minimum atomic E-state index is -0.0606. The van der Waals surface area contributed by atoms with Gasteiger partial charge in [0.2, 0.25) is 5.91 Å². The molecular formula is C17H19ClN2O2. The lowest BCUT2D eigenvalue weighted by molar-refractivity contribution is -0.116. The van der Waals surface area contributed by atoms with E-state index >= 15 is 0 Å². The number of rotatable bonds is 6. The lowest BCUT2D eigenvalue weighted by Crippen LogP contribution is -2.14. The normalized spacial score (nSPS) is 10.3. The molecule has 2 rings (SSSR count). The summed E-state index contributed by atoms with van der Waals surface area (Å²) >= 11 is 5.89. The van der Waals surface area contributed by atoms with E-state index in [4.69, 9.17) is 16.3 Å². The Morgan fingerprint density at radius 1 is 1.27 bits per heavy atom. The first kappa shape index (κ1) is 16.3. The summed E-state index contributed by atoms with van der Waals surface area (Å²) in [6.45, 7) is 4.31. The third kappa shape index (κ3) is 5.04. The van der Waals surface area contributed by atoms with Crippen molar-refractivity contribution in [3.8, 4) is 5.75 Å². The van der Waals surface area contributed by atoms with Crippen molar-refractivity contribution in [3.63, 3.8) is 0 Å². The Balaban J connectivity index is 1.73. The molecule has 1 N–H and O–H groups in total. The highest BCUT2D eigenvalue weighted by Gasteiger charge is 2.05. The number of anilines is 1. The number of nitrogens with one attached hydrogen (secondary N) is 1. The van der Waals surface area contributed by atoms with E-state index < -0.39 is 0 Å². The Labute approximate surface area is 135 Å². The molecule has 1 amide bonds. The Kier molecular flexibility index (Phi) is 5.78. The first-order valence-corrected chi connectivity index (χ1v) is 7.55. The molecule has 0 saturated carbocycles. The minimum Gasteiger partial charge on any atom is -0.493 e. The van der Waals surface area contributed by atoms with Crippen LogP contribution in [0.4, 0.5) is 5.82 Å². The van der Waals surface area contributed by atoms with Gasteiger partial charge in [-0.25, -0.2) is 4.98 Å². The van der Waals surface area contributed by atoms with Crippen LogP contribution < -0.4 is 10.1 Å². The first-order valence-electron chi connectivity index (χ1n) is 7.17. The standard InChI is InChI=1S/C17H19ClN2O2/c1-12-11-14(18)8-9-15(12)22-10-4-7-17(21)20-16-6-3-5-13(2)19-16/h3,5-6,8-9,11H,4,7,10H2,1-2H3,(H,19,20,21). The van der Waals surface area contributed by atoms with Crippen molar-refractivity contribution in [1.29, 1.82) is 0 Å². The molecule has 5 heteroatoms. The number of pyridine rings is 1. The lowest BCUT2D eigenvalue weighted by atomic mass is 10.2. The minimum absolute atomic E-state index is 0.0606. The van der Waals surface area contributed by atoms with Crippen molar-refractivity contribution < 1.29 is 9.53 Å². The number of aryl methyl sites for hydroxylation is 2. The molecule has 0 saturated heterocycles. The zero-order chi connectivity index (χ0) is 15.9. The number of ether oxygens (including phenoxy) is 1. The summed E-state index contributed by atoms with van der Waals surface area (Å²) in [6.07, 6.45) is 1.03. The zero-order valence-electron chi connectivity index (χ0n) is 12.7. The Bertz CT molecular complexity index is 659. The van der Waals surface area contributed by atoms with Crippen molar-refractivity contribution in [3.05, 3.63) is 52.7 Å². The second kappa shape index (κ2) is 7.80. The average molecular weight is 319 g/mol. The van der Waals surface area contributed by atoms with Crippen LogP contribution in [0.1, 0.15) is 24.1 Å². The molecule has 0 fully saturated rings. The second-order valence-corrected chi connectivity index (χ2v) is 5.51. The van der Waals surface area contributed by atoms with Crippen LogP contribution in [0.3, 0.4) is 0 Å². The van der Waals surface area contributed by atoms with Crippen molar-refractivity contribution in [2.24, 2.45) is 0 Å². The molecule has 0 radical (unpaired) electrons. The quantitative estimate of drug-likeness (QED) is 0.814. The first-order chi connectivity index (χ1) is 10.5. The number of nitrogens with zero attached hydrogens (tertiary/aromatic N) is 1. The van der Waals surface area contributed by atoms with Crippen LogP contribution in [-0.2, 0) is 4.79 Å². The average Bonchev–Trinajstić information content (AvgIpc) is 2.45. The van der Waals surface area contributed by atoms with Crippen LogP contribution in [0.2, 0.25) is 5.02 Å². The molecule has 4 nitrogen and oxygen atoms in total. The van der Waals surface area contributed by atoms with E-state index in [-0.39, 0.29) is 5.91 Å². The number of amides is 1. The molecule has 0 spiro atoms. The van der Waals surface area contributed by atoms with Crippen molar-refractivity contribution >= 4 is 23.3 Å². The smallest absolute Gasteiger partial charge is 0.225 e. The molecule has 2 aromatic rings. The van der Waals surface area contributed by atoms with Crippen LogP contribution >= 0.6 is 11.6 Å². The third-order valence-corrected chi connectivity index (χ3v) is 3.33. The van der Waals surface area contributed by atoms with E-state index in [0.29, 0.717) is 30.3 Å². The van der Waals surface area contributed by atoms with Gasteiger partial charge in [0, 0.05) is 17.1 Å². The van der Waals surface area contributed by atoms with E-state index in [1.165, 1.54) is 0 Å². The van der Waals surface area contributed by atoms with Gasteiger partial charge in [0.15, 0.2) is 0 Å². The number of halogens is 1. The summed E-state index contributed by atoms with van der Waals surface area (Å²) in [5.74, 6) is 1.32. The third-order valence-electron chi connectivity index (χ3n) is 3.10. The predicted molar refractivity (Wildman–Crippen MR) is 88.5 cm³/mol. The number of carbonyl (C=O) groups is 1. The number of carbonyl (C=O) groups excluding carboxylic acids is 1. The Morgan fingerprint density at radius 3 is 2.82 bits per heavy atom. The highest BCUT2D eigenvalue weighted by Crippen LogP contribution is 2.21. The molecule has 0 bridgehead atoms. The van der Waals surface area contributed by atoms with Gasteiger partial charge in [-0.15, -0.1) is 0 Å². The number of hydrogen-bond donors (Lipinski definition) is 1. The van der Waals surface area contributed by atoms with Crippen LogP contribution in [0, 0.1) is 13.8 Å². The van der Waals surface area contributed by atoms with Crippen molar-refractivity contribution in [1.82, 2.24) is 4.98 Å². The van der Waals surface area contributed by atoms with Gasteiger partial charge in [-0.2, -0.15) is 0 Å². The summed E-state index contributed by atoms with van der Waals surface area (Å²) in [6, 6.07) is 11.0. The van der Waals surface area contributed by atoms with E-state index in [9.17, 15) is 4.79 Å². The molecule has 116 valence electrons. The summed E-state index contributed by atoms with van der Waals surface area (Å²) in [5.41, 5.74) is 1.86.